The Balaban J connectivity index is 2.31. The lowest BCUT2D eigenvalue weighted by molar-refractivity contribution is 0.546. The van der Waals surface area contributed by atoms with Gasteiger partial charge in [-0.2, -0.15) is 5.10 Å². The van der Waals surface area contributed by atoms with E-state index >= 15 is 0 Å². The molecule has 0 amide bonds. The minimum Gasteiger partial charge on any atom is -0.314 e. The second-order valence-corrected chi connectivity index (χ2v) is 6.30. The molecule has 1 N–H and O–H groups in total. The van der Waals surface area contributed by atoms with E-state index in [-0.39, 0.29) is 0 Å². The zero-order valence-corrected chi connectivity index (χ0v) is 14.1. The first-order chi connectivity index (χ1) is 9.90. The SMILES string of the molecule is Cc1ccc(-n2nc(C)c(C(C)CNC(C)C)c2C)cc1. The van der Waals surface area contributed by atoms with E-state index in [1.165, 1.54) is 16.8 Å². The van der Waals surface area contributed by atoms with Crippen molar-refractivity contribution < 1.29 is 0 Å². The quantitative estimate of drug-likeness (QED) is 0.903. The molecule has 1 aromatic carbocycles. The lowest BCUT2D eigenvalue weighted by Crippen LogP contribution is -2.27. The van der Waals surface area contributed by atoms with Crippen LogP contribution in [0.4, 0.5) is 0 Å². The topological polar surface area (TPSA) is 29.9 Å². The van der Waals surface area contributed by atoms with E-state index in [9.17, 15) is 0 Å². The van der Waals surface area contributed by atoms with Gasteiger partial charge in [0.25, 0.3) is 0 Å². The number of aryl methyl sites for hydroxylation is 2. The Kier molecular flexibility index (Phi) is 4.84. The van der Waals surface area contributed by atoms with E-state index < -0.39 is 0 Å². The molecule has 1 atom stereocenters. The van der Waals surface area contributed by atoms with E-state index in [0.717, 1.165) is 17.9 Å². The molecule has 3 nitrogen and oxygen atoms in total. The highest BCUT2D eigenvalue weighted by Gasteiger charge is 2.18. The molecule has 0 radical (unpaired) electrons. The first-order valence-corrected chi connectivity index (χ1v) is 7.76. The maximum atomic E-state index is 4.75. The summed E-state index contributed by atoms with van der Waals surface area (Å²) in [7, 11) is 0. The molecule has 0 aliphatic heterocycles. The van der Waals surface area contributed by atoms with Crippen LogP contribution in [0.1, 0.15) is 49.2 Å². The Morgan fingerprint density at radius 3 is 2.24 bits per heavy atom. The number of hydrogen-bond acceptors (Lipinski definition) is 2. The summed E-state index contributed by atoms with van der Waals surface area (Å²) in [5.41, 5.74) is 6.15. The summed E-state index contributed by atoms with van der Waals surface area (Å²) in [6.07, 6.45) is 0. The molecule has 0 saturated heterocycles. The van der Waals surface area contributed by atoms with Gasteiger partial charge in [-0.05, 0) is 38.8 Å². The van der Waals surface area contributed by atoms with Crippen molar-refractivity contribution in [1.82, 2.24) is 15.1 Å². The summed E-state index contributed by atoms with van der Waals surface area (Å²) in [5.74, 6) is 0.464. The van der Waals surface area contributed by atoms with Crippen molar-refractivity contribution in [1.29, 1.82) is 0 Å². The predicted molar refractivity (Wildman–Crippen MR) is 89.3 cm³/mol. The molecule has 0 fully saturated rings. The normalized spacial score (nSPS) is 12.9. The van der Waals surface area contributed by atoms with Crippen LogP contribution in [0.2, 0.25) is 0 Å². The largest absolute Gasteiger partial charge is 0.314 e. The zero-order valence-electron chi connectivity index (χ0n) is 14.1. The molecule has 1 heterocycles. The molecule has 2 aromatic rings. The lowest BCUT2D eigenvalue weighted by atomic mass is 9.99. The molecule has 0 spiro atoms. The molecule has 3 heteroatoms. The summed E-state index contributed by atoms with van der Waals surface area (Å²) < 4.78 is 2.07. The molecule has 2 rings (SSSR count). The van der Waals surface area contributed by atoms with E-state index in [0.29, 0.717) is 12.0 Å². The van der Waals surface area contributed by atoms with Crippen LogP contribution in [0, 0.1) is 20.8 Å². The van der Waals surface area contributed by atoms with Crippen LogP contribution in [0.15, 0.2) is 24.3 Å². The maximum absolute atomic E-state index is 4.75. The maximum Gasteiger partial charge on any atom is 0.0649 e. The smallest absolute Gasteiger partial charge is 0.0649 e. The summed E-state index contributed by atoms with van der Waals surface area (Å²) in [6.45, 7) is 14.0. The Morgan fingerprint density at radius 1 is 1.05 bits per heavy atom. The van der Waals surface area contributed by atoms with Crippen LogP contribution in [0.3, 0.4) is 0 Å². The lowest BCUT2D eigenvalue weighted by Gasteiger charge is -2.16. The molecular formula is C18H27N3. The fourth-order valence-electron chi connectivity index (χ4n) is 2.82. The molecule has 114 valence electrons. The van der Waals surface area contributed by atoms with Gasteiger partial charge in [-0.25, -0.2) is 4.68 Å². The van der Waals surface area contributed by atoms with Gasteiger partial charge in [0.1, 0.15) is 0 Å². The van der Waals surface area contributed by atoms with E-state index in [2.05, 4.69) is 75.8 Å². The fraction of sp³-hybridized carbons (Fsp3) is 0.500. The van der Waals surface area contributed by atoms with Crippen LogP contribution < -0.4 is 5.32 Å². The van der Waals surface area contributed by atoms with Crippen molar-refractivity contribution >= 4 is 0 Å². The van der Waals surface area contributed by atoms with Gasteiger partial charge in [-0.15, -0.1) is 0 Å². The predicted octanol–water partition coefficient (Wildman–Crippen LogP) is 3.90. The number of nitrogens with zero attached hydrogens (tertiary/aromatic N) is 2. The third-order valence-corrected chi connectivity index (χ3v) is 3.95. The van der Waals surface area contributed by atoms with Crippen molar-refractivity contribution in [2.75, 3.05) is 6.54 Å². The highest BCUT2D eigenvalue weighted by Crippen LogP contribution is 2.25. The molecule has 1 unspecified atom stereocenters. The molecule has 0 aliphatic carbocycles. The third kappa shape index (κ3) is 3.53. The summed E-state index contributed by atoms with van der Waals surface area (Å²) in [4.78, 5) is 0. The van der Waals surface area contributed by atoms with Gasteiger partial charge in [0.2, 0.25) is 0 Å². The summed E-state index contributed by atoms with van der Waals surface area (Å²) in [5, 5.41) is 8.26. The van der Waals surface area contributed by atoms with Crippen LogP contribution in [0.25, 0.3) is 5.69 Å². The fourth-order valence-corrected chi connectivity index (χ4v) is 2.82. The van der Waals surface area contributed by atoms with E-state index in [1.54, 1.807) is 0 Å². The standard InChI is InChI=1S/C18H27N3/c1-12(2)19-11-14(4)18-15(5)20-21(16(18)6)17-9-7-13(3)8-10-17/h7-10,12,14,19H,11H2,1-6H3. The van der Waals surface area contributed by atoms with Gasteiger partial charge in [0.15, 0.2) is 0 Å². The van der Waals surface area contributed by atoms with Crippen molar-refractivity contribution in [3.05, 3.63) is 46.8 Å². The molecular weight excluding hydrogens is 258 g/mol. The van der Waals surface area contributed by atoms with Crippen LogP contribution in [-0.4, -0.2) is 22.4 Å². The van der Waals surface area contributed by atoms with Gasteiger partial charge in [0, 0.05) is 23.8 Å². The number of nitrogens with one attached hydrogen (secondary N) is 1. The van der Waals surface area contributed by atoms with E-state index in [1.807, 2.05) is 0 Å². The average molecular weight is 285 g/mol. The Hall–Kier alpha value is -1.61. The van der Waals surface area contributed by atoms with Crippen molar-refractivity contribution in [3.8, 4) is 5.69 Å². The van der Waals surface area contributed by atoms with Crippen molar-refractivity contribution in [2.24, 2.45) is 0 Å². The Morgan fingerprint density at radius 2 is 1.67 bits per heavy atom. The van der Waals surface area contributed by atoms with Crippen LogP contribution in [0.5, 0.6) is 0 Å². The monoisotopic (exact) mass is 285 g/mol. The third-order valence-electron chi connectivity index (χ3n) is 3.95. The first-order valence-electron chi connectivity index (χ1n) is 7.76. The highest BCUT2D eigenvalue weighted by atomic mass is 15.3. The number of hydrogen-bond donors (Lipinski definition) is 1. The molecule has 0 aliphatic rings. The van der Waals surface area contributed by atoms with Crippen molar-refractivity contribution in [2.45, 2.75) is 53.5 Å². The van der Waals surface area contributed by atoms with Crippen molar-refractivity contribution in [3.63, 3.8) is 0 Å². The average Bonchev–Trinajstić information content (AvgIpc) is 2.72. The number of rotatable bonds is 5. The zero-order chi connectivity index (χ0) is 15.6. The van der Waals surface area contributed by atoms with E-state index in [4.69, 9.17) is 5.10 Å². The Bertz CT molecular complexity index is 594. The van der Waals surface area contributed by atoms with Gasteiger partial charge in [-0.3, -0.25) is 0 Å². The summed E-state index contributed by atoms with van der Waals surface area (Å²) >= 11 is 0. The summed E-state index contributed by atoms with van der Waals surface area (Å²) in [6, 6.07) is 9.05. The number of aromatic nitrogens is 2. The second kappa shape index (κ2) is 6.44. The van der Waals surface area contributed by atoms with Crippen LogP contribution in [-0.2, 0) is 0 Å². The number of benzene rings is 1. The Labute approximate surface area is 128 Å². The molecule has 0 saturated carbocycles. The molecule has 1 aromatic heterocycles. The highest BCUT2D eigenvalue weighted by molar-refractivity contribution is 5.39. The van der Waals surface area contributed by atoms with Gasteiger partial charge in [0.05, 0.1) is 11.4 Å². The molecule has 0 bridgehead atoms. The van der Waals surface area contributed by atoms with Gasteiger partial charge in [-0.1, -0.05) is 38.5 Å². The van der Waals surface area contributed by atoms with Gasteiger partial charge < -0.3 is 5.32 Å². The minimum absolute atomic E-state index is 0.464. The molecule has 21 heavy (non-hydrogen) atoms. The van der Waals surface area contributed by atoms with Gasteiger partial charge >= 0.3 is 0 Å². The minimum atomic E-state index is 0.464. The second-order valence-electron chi connectivity index (χ2n) is 6.30. The van der Waals surface area contributed by atoms with Crippen LogP contribution >= 0.6 is 0 Å². The first kappa shape index (κ1) is 15.8.